The molecule has 1 nitrogen and oxygen atoms in total. The summed E-state index contributed by atoms with van der Waals surface area (Å²) in [6.45, 7) is 17.9. The van der Waals surface area contributed by atoms with Crippen LogP contribution in [0, 0.1) is 5.92 Å². The summed E-state index contributed by atoms with van der Waals surface area (Å²) in [6, 6.07) is 0. The van der Waals surface area contributed by atoms with Crippen LogP contribution in [0.5, 0.6) is 0 Å². The first-order valence-electron chi connectivity index (χ1n) is 6.80. The van der Waals surface area contributed by atoms with E-state index in [1.54, 1.807) is 0 Å². The Morgan fingerprint density at radius 2 is 1.76 bits per heavy atom. The van der Waals surface area contributed by atoms with Crippen LogP contribution in [0.2, 0.25) is 0 Å². The van der Waals surface area contributed by atoms with Crippen LogP contribution in [0.15, 0.2) is 36.0 Å². The highest BCUT2D eigenvalue weighted by molar-refractivity contribution is 5.30. The third kappa shape index (κ3) is 7.98. The molecule has 0 amide bonds. The van der Waals surface area contributed by atoms with Crippen LogP contribution in [-0.4, -0.2) is 13.2 Å². The van der Waals surface area contributed by atoms with Gasteiger partial charge in [0.05, 0.1) is 13.2 Å². The minimum absolute atomic E-state index is 0.716. The van der Waals surface area contributed by atoms with Crippen molar-refractivity contribution in [1.29, 1.82) is 0 Å². The largest absolute Gasteiger partial charge is 0.381 e. The van der Waals surface area contributed by atoms with E-state index in [1.165, 1.54) is 11.1 Å². The Labute approximate surface area is 108 Å². The molecule has 1 heteroatoms. The zero-order valence-electron chi connectivity index (χ0n) is 12.5. The van der Waals surface area contributed by atoms with Gasteiger partial charge in [-0.15, -0.1) is 0 Å². The molecule has 0 saturated carbocycles. The van der Waals surface area contributed by atoms with Crippen molar-refractivity contribution in [3.63, 3.8) is 0 Å². The van der Waals surface area contributed by atoms with E-state index in [4.69, 9.17) is 4.74 Å². The molecular formula is C16H30O. The van der Waals surface area contributed by atoms with Gasteiger partial charge >= 0.3 is 0 Å². The topological polar surface area (TPSA) is 9.23 Å². The van der Waals surface area contributed by atoms with E-state index in [-0.39, 0.29) is 0 Å². The molecule has 0 N–H and O–H groups in total. The predicted octanol–water partition coefficient (Wildman–Crippen LogP) is 5.15. The Kier molecular flexibility index (Phi) is 14.4. The average Bonchev–Trinajstić information content (AvgIpc) is 2.33. The monoisotopic (exact) mass is 238 g/mol. The summed E-state index contributed by atoms with van der Waals surface area (Å²) in [7, 11) is 0. The minimum atomic E-state index is 0.716. The van der Waals surface area contributed by atoms with Crippen molar-refractivity contribution in [2.75, 3.05) is 13.2 Å². The van der Waals surface area contributed by atoms with Gasteiger partial charge in [-0.05, 0) is 31.4 Å². The number of hydrogen-bond acceptors (Lipinski definition) is 1. The molecule has 1 saturated heterocycles. The summed E-state index contributed by atoms with van der Waals surface area (Å²) in [5.41, 5.74) is 2.68. The standard InChI is InChI=1S/C12H18O.2C2H6/c1-4-6-10(3)12(5-2)7-11-8-13-9-11;2*1-2/h4-6,11H,2,7-9H2,1,3H3;2*1-2H3/b6-4-,12-10+;;. The highest BCUT2D eigenvalue weighted by Crippen LogP contribution is 2.22. The summed E-state index contributed by atoms with van der Waals surface area (Å²) in [5, 5.41) is 0. The van der Waals surface area contributed by atoms with Crippen molar-refractivity contribution in [2.45, 2.75) is 48.0 Å². The summed E-state index contributed by atoms with van der Waals surface area (Å²) < 4.78 is 5.15. The summed E-state index contributed by atoms with van der Waals surface area (Å²) >= 11 is 0. The Balaban J connectivity index is 0. The maximum atomic E-state index is 5.15. The molecule has 0 aromatic heterocycles. The first kappa shape index (κ1) is 18.5. The summed E-state index contributed by atoms with van der Waals surface area (Å²) in [5.74, 6) is 0.716. The molecule has 1 aliphatic rings. The van der Waals surface area contributed by atoms with Gasteiger partial charge in [0.1, 0.15) is 0 Å². The fraction of sp³-hybridized carbons (Fsp3) is 0.625. The Bertz CT molecular complexity index is 232. The lowest BCUT2D eigenvalue weighted by atomic mass is 9.95. The molecule has 0 unspecified atom stereocenters. The molecule has 1 aliphatic heterocycles. The van der Waals surface area contributed by atoms with Gasteiger partial charge in [-0.25, -0.2) is 0 Å². The predicted molar refractivity (Wildman–Crippen MR) is 79.3 cm³/mol. The third-order valence-corrected chi connectivity index (χ3v) is 2.39. The maximum absolute atomic E-state index is 5.15. The molecule has 0 bridgehead atoms. The third-order valence-electron chi connectivity index (χ3n) is 2.39. The lowest BCUT2D eigenvalue weighted by Crippen LogP contribution is -2.27. The van der Waals surface area contributed by atoms with Crippen LogP contribution in [0.4, 0.5) is 0 Å². The first-order valence-corrected chi connectivity index (χ1v) is 6.80. The summed E-state index contributed by atoms with van der Waals surface area (Å²) in [6.07, 6.45) is 7.28. The molecule has 1 fully saturated rings. The van der Waals surface area contributed by atoms with E-state index in [1.807, 2.05) is 40.7 Å². The number of hydrogen-bond donors (Lipinski definition) is 0. The summed E-state index contributed by atoms with van der Waals surface area (Å²) in [4.78, 5) is 0. The SMILES string of the molecule is C=C/C(CC1COC1)=C(C)\C=C/C.CC.CC. The fourth-order valence-corrected chi connectivity index (χ4v) is 1.48. The van der Waals surface area contributed by atoms with Gasteiger partial charge in [-0.2, -0.15) is 0 Å². The van der Waals surface area contributed by atoms with Crippen molar-refractivity contribution in [1.82, 2.24) is 0 Å². The van der Waals surface area contributed by atoms with Crippen molar-refractivity contribution >= 4 is 0 Å². The molecule has 17 heavy (non-hydrogen) atoms. The lowest BCUT2D eigenvalue weighted by molar-refractivity contribution is -0.0309. The number of rotatable bonds is 4. The second-order valence-corrected chi connectivity index (χ2v) is 3.52. The molecule has 100 valence electrons. The Hall–Kier alpha value is -0.820. The van der Waals surface area contributed by atoms with Crippen LogP contribution < -0.4 is 0 Å². The van der Waals surface area contributed by atoms with Crippen LogP contribution in [0.25, 0.3) is 0 Å². The van der Waals surface area contributed by atoms with Gasteiger partial charge in [0, 0.05) is 5.92 Å². The van der Waals surface area contributed by atoms with Gasteiger partial charge in [-0.3, -0.25) is 0 Å². The lowest BCUT2D eigenvalue weighted by Gasteiger charge is -2.26. The van der Waals surface area contributed by atoms with Gasteiger partial charge in [0.25, 0.3) is 0 Å². The quantitative estimate of drug-likeness (QED) is 0.615. The van der Waals surface area contributed by atoms with Gasteiger partial charge in [-0.1, -0.05) is 52.5 Å². The van der Waals surface area contributed by atoms with Crippen molar-refractivity contribution in [2.24, 2.45) is 5.92 Å². The molecule has 0 aromatic carbocycles. The second kappa shape index (κ2) is 13.2. The molecule has 1 rings (SSSR count). The van der Waals surface area contributed by atoms with E-state index in [0.29, 0.717) is 5.92 Å². The zero-order chi connectivity index (χ0) is 13.7. The van der Waals surface area contributed by atoms with E-state index >= 15 is 0 Å². The average molecular weight is 238 g/mol. The van der Waals surface area contributed by atoms with Gasteiger partial charge in [0.15, 0.2) is 0 Å². The molecule has 0 spiro atoms. The molecule has 1 heterocycles. The number of allylic oxidation sites excluding steroid dienone is 5. The van der Waals surface area contributed by atoms with Crippen LogP contribution >= 0.6 is 0 Å². The molecule has 0 radical (unpaired) electrons. The normalized spacial score (nSPS) is 15.9. The molecule has 0 aliphatic carbocycles. The Morgan fingerprint density at radius 1 is 1.24 bits per heavy atom. The highest BCUT2D eigenvalue weighted by Gasteiger charge is 2.19. The number of ether oxygens (including phenoxy) is 1. The Morgan fingerprint density at radius 3 is 2.06 bits per heavy atom. The highest BCUT2D eigenvalue weighted by atomic mass is 16.5. The van der Waals surface area contributed by atoms with E-state index in [2.05, 4.69) is 25.7 Å². The van der Waals surface area contributed by atoms with Crippen molar-refractivity contribution in [3.05, 3.63) is 36.0 Å². The van der Waals surface area contributed by atoms with Crippen molar-refractivity contribution < 1.29 is 4.74 Å². The van der Waals surface area contributed by atoms with Gasteiger partial charge in [0.2, 0.25) is 0 Å². The molecular weight excluding hydrogens is 208 g/mol. The fourth-order valence-electron chi connectivity index (χ4n) is 1.48. The maximum Gasteiger partial charge on any atom is 0.0519 e. The molecule has 0 atom stereocenters. The van der Waals surface area contributed by atoms with E-state index in [9.17, 15) is 0 Å². The van der Waals surface area contributed by atoms with E-state index in [0.717, 1.165) is 19.6 Å². The zero-order valence-corrected chi connectivity index (χ0v) is 12.5. The van der Waals surface area contributed by atoms with Crippen molar-refractivity contribution in [3.8, 4) is 0 Å². The van der Waals surface area contributed by atoms with Gasteiger partial charge < -0.3 is 4.74 Å². The van der Waals surface area contributed by atoms with Crippen LogP contribution in [0.1, 0.15) is 48.0 Å². The van der Waals surface area contributed by atoms with Crippen LogP contribution in [0.3, 0.4) is 0 Å². The van der Waals surface area contributed by atoms with Crippen LogP contribution in [-0.2, 0) is 4.74 Å². The minimum Gasteiger partial charge on any atom is -0.381 e. The van der Waals surface area contributed by atoms with E-state index < -0.39 is 0 Å². The first-order chi connectivity index (χ1) is 8.27. The molecule has 0 aromatic rings. The smallest absolute Gasteiger partial charge is 0.0519 e. The second-order valence-electron chi connectivity index (χ2n) is 3.52.